The quantitative estimate of drug-likeness (QED) is 0.877. The molecular weight excluding hydrogens is 333 g/mol. The largest absolute Gasteiger partial charge is 0.480 e. The molecule has 0 saturated carbocycles. The van der Waals surface area contributed by atoms with Crippen molar-refractivity contribution in [1.82, 2.24) is 5.32 Å². The van der Waals surface area contributed by atoms with Crippen molar-refractivity contribution in [2.45, 2.75) is 18.4 Å². The number of carboxylic acids is 1. The van der Waals surface area contributed by atoms with Crippen LogP contribution in [-0.2, 0) is 9.53 Å². The van der Waals surface area contributed by atoms with Crippen LogP contribution in [0, 0.1) is 5.82 Å². The summed E-state index contributed by atoms with van der Waals surface area (Å²) in [4.78, 5) is 23.5. The van der Waals surface area contributed by atoms with Crippen LogP contribution >= 0.6 is 15.9 Å². The molecule has 2 rings (SSSR count). The molecule has 0 spiro atoms. The van der Waals surface area contributed by atoms with Crippen LogP contribution in [0.15, 0.2) is 22.7 Å². The Balaban J connectivity index is 2.22. The smallest absolute Gasteiger partial charge is 0.329 e. The van der Waals surface area contributed by atoms with E-state index in [0.717, 1.165) is 6.07 Å². The Morgan fingerprint density at radius 1 is 1.30 bits per heavy atom. The van der Waals surface area contributed by atoms with E-state index in [0.29, 0.717) is 4.47 Å². The van der Waals surface area contributed by atoms with Gasteiger partial charge >= 0.3 is 5.97 Å². The fourth-order valence-corrected chi connectivity index (χ4v) is 2.55. The Labute approximate surface area is 123 Å². The molecular formula is C13H13BrFNO4. The van der Waals surface area contributed by atoms with Gasteiger partial charge in [-0.2, -0.15) is 0 Å². The second-order valence-corrected chi connectivity index (χ2v) is 5.53. The lowest BCUT2D eigenvalue weighted by Gasteiger charge is -2.33. The number of nitrogens with one attached hydrogen (secondary N) is 1. The van der Waals surface area contributed by atoms with Crippen molar-refractivity contribution in [3.63, 3.8) is 0 Å². The number of ether oxygens (including phenoxy) is 1. The van der Waals surface area contributed by atoms with E-state index in [2.05, 4.69) is 21.2 Å². The SMILES string of the molecule is O=C(NC1(C(=O)O)CCOCC1)c1cc(F)cc(Br)c1. The Hall–Kier alpha value is -1.47. The fourth-order valence-electron chi connectivity index (χ4n) is 2.09. The maximum absolute atomic E-state index is 13.3. The van der Waals surface area contributed by atoms with E-state index in [1.807, 2.05) is 0 Å². The highest BCUT2D eigenvalue weighted by Crippen LogP contribution is 2.22. The molecule has 1 aliphatic heterocycles. The summed E-state index contributed by atoms with van der Waals surface area (Å²) in [6.07, 6.45) is 0.370. The van der Waals surface area contributed by atoms with Crippen LogP contribution in [-0.4, -0.2) is 35.7 Å². The maximum atomic E-state index is 13.3. The zero-order valence-electron chi connectivity index (χ0n) is 10.5. The van der Waals surface area contributed by atoms with E-state index >= 15 is 0 Å². The van der Waals surface area contributed by atoms with Gasteiger partial charge in [-0.3, -0.25) is 4.79 Å². The highest BCUT2D eigenvalue weighted by Gasteiger charge is 2.41. The fraction of sp³-hybridized carbons (Fsp3) is 0.385. The third-order valence-electron chi connectivity index (χ3n) is 3.23. The molecule has 1 heterocycles. The molecule has 108 valence electrons. The first-order valence-electron chi connectivity index (χ1n) is 6.03. The van der Waals surface area contributed by atoms with E-state index in [9.17, 15) is 19.1 Å². The first kappa shape index (κ1) is 14.9. The van der Waals surface area contributed by atoms with Gasteiger partial charge in [0.2, 0.25) is 0 Å². The molecule has 1 saturated heterocycles. The summed E-state index contributed by atoms with van der Waals surface area (Å²) in [5.41, 5.74) is -1.28. The predicted molar refractivity (Wildman–Crippen MR) is 72.0 cm³/mol. The number of aliphatic carboxylic acids is 1. The molecule has 1 fully saturated rings. The Kier molecular flexibility index (Phi) is 4.39. The van der Waals surface area contributed by atoms with Crippen LogP contribution in [0.3, 0.4) is 0 Å². The number of hydrogen-bond donors (Lipinski definition) is 2. The van der Waals surface area contributed by atoms with Crippen molar-refractivity contribution in [3.05, 3.63) is 34.1 Å². The van der Waals surface area contributed by atoms with Crippen molar-refractivity contribution < 1.29 is 23.8 Å². The van der Waals surface area contributed by atoms with Gasteiger partial charge in [0.15, 0.2) is 0 Å². The number of benzene rings is 1. The van der Waals surface area contributed by atoms with Crippen LogP contribution < -0.4 is 5.32 Å². The minimum atomic E-state index is -1.35. The van der Waals surface area contributed by atoms with Gasteiger partial charge in [0.05, 0.1) is 0 Å². The number of hydrogen-bond acceptors (Lipinski definition) is 3. The van der Waals surface area contributed by atoms with Crippen LogP contribution in [0.1, 0.15) is 23.2 Å². The average molecular weight is 346 g/mol. The van der Waals surface area contributed by atoms with Crippen LogP contribution in [0.2, 0.25) is 0 Å². The maximum Gasteiger partial charge on any atom is 0.329 e. The topological polar surface area (TPSA) is 75.6 Å². The first-order valence-corrected chi connectivity index (χ1v) is 6.82. The van der Waals surface area contributed by atoms with E-state index in [1.54, 1.807) is 0 Å². The zero-order chi connectivity index (χ0) is 14.8. The summed E-state index contributed by atoms with van der Waals surface area (Å²) in [6.45, 7) is 0.527. The number of carbonyl (C=O) groups is 2. The van der Waals surface area contributed by atoms with Crippen molar-refractivity contribution in [3.8, 4) is 0 Å². The van der Waals surface area contributed by atoms with E-state index in [4.69, 9.17) is 4.74 Å². The van der Waals surface area contributed by atoms with Crippen molar-refractivity contribution in [2.75, 3.05) is 13.2 Å². The van der Waals surface area contributed by atoms with Crippen LogP contribution in [0.4, 0.5) is 4.39 Å². The van der Waals surface area contributed by atoms with Gasteiger partial charge in [0.1, 0.15) is 11.4 Å². The molecule has 0 atom stereocenters. The van der Waals surface area contributed by atoms with Crippen LogP contribution in [0.25, 0.3) is 0 Å². The molecule has 1 aromatic rings. The van der Waals surface area contributed by atoms with E-state index in [1.165, 1.54) is 12.1 Å². The Morgan fingerprint density at radius 3 is 2.50 bits per heavy atom. The molecule has 1 amide bonds. The Morgan fingerprint density at radius 2 is 1.95 bits per heavy atom. The second-order valence-electron chi connectivity index (χ2n) is 4.61. The standard InChI is InChI=1S/C13H13BrFNO4/c14-9-5-8(6-10(15)7-9)11(17)16-13(12(18)19)1-3-20-4-2-13/h5-7H,1-4H2,(H,16,17)(H,18,19). The third kappa shape index (κ3) is 3.16. The van der Waals surface area contributed by atoms with E-state index in [-0.39, 0.29) is 31.6 Å². The van der Waals surface area contributed by atoms with E-state index < -0.39 is 23.2 Å². The van der Waals surface area contributed by atoms with Gasteiger partial charge in [-0.25, -0.2) is 9.18 Å². The minimum Gasteiger partial charge on any atom is -0.480 e. The monoisotopic (exact) mass is 345 g/mol. The highest BCUT2D eigenvalue weighted by atomic mass is 79.9. The number of halogens is 2. The Bertz CT molecular complexity index is 523. The lowest BCUT2D eigenvalue weighted by Crippen LogP contribution is -2.57. The number of carboxylic acid groups (broad SMARTS) is 1. The predicted octanol–water partition coefficient (Wildman–Crippen LogP) is 1.95. The first-order chi connectivity index (χ1) is 9.43. The molecule has 1 aromatic carbocycles. The van der Waals surface area contributed by atoms with Gasteiger partial charge in [-0.05, 0) is 18.2 Å². The van der Waals surface area contributed by atoms with Gasteiger partial charge < -0.3 is 15.2 Å². The molecule has 0 aliphatic carbocycles. The van der Waals surface area contributed by atoms with Gasteiger partial charge in [0.25, 0.3) is 5.91 Å². The molecule has 0 radical (unpaired) electrons. The summed E-state index contributed by atoms with van der Waals surface area (Å²) in [5, 5.41) is 11.8. The summed E-state index contributed by atoms with van der Waals surface area (Å²) >= 11 is 3.09. The average Bonchev–Trinajstić information content (AvgIpc) is 2.38. The third-order valence-corrected chi connectivity index (χ3v) is 3.69. The van der Waals surface area contributed by atoms with Gasteiger partial charge in [-0.1, -0.05) is 15.9 Å². The normalized spacial score (nSPS) is 17.5. The van der Waals surface area contributed by atoms with Gasteiger partial charge in [-0.15, -0.1) is 0 Å². The second kappa shape index (κ2) is 5.88. The highest BCUT2D eigenvalue weighted by molar-refractivity contribution is 9.10. The van der Waals surface area contributed by atoms with Crippen molar-refractivity contribution >= 4 is 27.8 Å². The number of carbonyl (C=O) groups excluding carboxylic acids is 1. The molecule has 1 aliphatic rings. The zero-order valence-corrected chi connectivity index (χ0v) is 12.1. The summed E-state index contributed by atoms with van der Waals surface area (Å²) in [7, 11) is 0. The number of amides is 1. The summed E-state index contributed by atoms with van der Waals surface area (Å²) in [5.74, 6) is -2.29. The molecule has 0 aromatic heterocycles. The molecule has 0 bridgehead atoms. The molecule has 0 unspecified atom stereocenters. The summed E-state index contributed by atoms with van der Waals surface area (Å²) < 4.78 is 18.8. The molecule has 7 heteroatoms. The van der Waals surface area contributed by atoms with Crippen LogP contribution in [0.5, 0.6) is 0 Å². The van der Waals surface area contributed by atoms with Crippen molar-refractivity contribution in [1.29, 1.82) is 0 Å². The molecule has 20 heavy (non-hydrogen) atoms. The molecule has 5 nitrogen and oxygen atoms in total. The minimum absolute atomic E-state index is 0.0731. The molecule has 2 N–H and O–H groups in total. The summed E-state index contributed by atoms with van der Waals surface area (Å²) in [6, 6.07) is 3.72. The lowest BCUT2D eigenvalue weighted by atomic mass is 9.89. The van der Waals surface area contributed by atoms with Gasteiger partial charge in [0, 0.05) is 36.1 Å². The lowest BCUT2D eigenvalue weighted by molar-refractivity contribution is -0.148. The van der Waals surface area contributed by atoms with Crippen molar-refractivity contribution in [2.24, 2.45) is 0 Å². The number of rotatable bonds is 3.